The molecule has 2 rings (SSSR count). The highest BCUT2D eigenvalue weighted by Crippen LogP contribution is 2.28. The van der Waals surface area contributed by atoms with Gasteiger partial charge in [-0.2, -0.15) is 5.26 Å². The lowest BCUT2D eigenvalue weighted by Gasteiger charge is -2.30. The van der Waals surface area contributed by atoms with E-state index in [2.05, 4.69) is 16.3 Å². The molecule has 0 aromatic carbocycles. The van der Waals surface area contributed by atoms with Crippen LogP contribution in [0.4, 0.5) is 0 Å². The molecule has 112 valence electrons. The van der Waals surface area contributed by atoms with Gasteiger partial charge in [0.2, 0.25) is 5.91 Å². The summed E-state index contributed by atoms with van der Waals surface area (Å²) in [6.45, 7) is 4.35. The minimum Gasteiger partial charge on any atom is -0.344 e. The summed E-state index contributed by atoms with van der Waals surface area (Å²) < 4.78 is 0. The van der Waals surface area contributed by atoms with Gasteiger partial charge in [0.15, 0.2) is 0 Å². The van der Waals surface area contributed by atoms with Gasteiger partial charge in [-0.05, 0) is 44.7 Å². The molecule has 0 unspecified atom stereocenters. The summed E-state index contributed by atoms with van der Waals surface area (Å²) in [6.07, 6.45) is 5.34. The maximum atomic E-state index is 12.2. The minimum atomic E-state index is 0.154. The molecule has 1 N–H and O–H groups in total. The van der Waals surface area contributed by atoms with Crippen LogP contribution in [0.25, 0.3) is 0 Å². The van der Waals surface area contributed by atoms with Gasteiger partial charge in [0.05, 0.1) is 19.0 Å². The highest BCUT2D eigenvalue weighted by molar-refractivity contribution is 5.78. The number of carbonyl (C=O) groups is 1. The van der Waals surface area contributed by atoms with Gasteiger partial charge in [0.25, 0.3) is 0 Å². The second-order valence-corrected chi connectivity index (χ2v) is 6.08. The molecule has 0 aromatic rings. The molecule has 5 nitrogen and oxygen atoms in total. The van der Waals surface area contributed by atoms with E-state index in [-0.39, 0.29) is 5.91 Å². The van der Waals surface area contributed by atoms with Crippen LogP contribution < -0.4 is 5.32 Å². The molecule has 20 heavy (non-hydrogen) atoms. The number of hydrogen-bond acceptors (Lipinski definition) is 4. The van der Waals surface area contributed by atoms with Crippen molar-refractivity contribution in [3.63, 3.8) is 0 Å². The fourth-order valence-electron chi connectivity index (χ4n) is 2.82. The Bertz CT molecular complexity index is 355. The van der Waals surface area contributed by atoms with E-state index in [9.17, 15) is 4.79 Å². The maximum Gasteiger partial charge on any atom is 0.236 e. The third-order valence-electron chi connectivity index (χ3n) is 4.34. The Morgan fingerprint density at radius 1 is 1.30 bits per heavy atom. The van der Waals surface area contributed by atoms with Gasteiger partial charge >= 0.3 is 0 Å². The quantitative estimate of drug-likeness (QED) is 0.749. The van der Waals surface area contributed by atoms with Gasteiger partial charge < -0.3 is 10.2 Å². The van der Waals surface area contributed by atoms with Crippen LogP contribution >= 0.6 is 0 Å². The van der Waals surface area contributed by atoms with Gasteiger partial charge in [0, 0.05) is 26.2 Å². The van der Waals surface area contributed by atoms with Crippen molar-refractivity contribution in [1.29, 1.82) is 5.26 Å². The number of carbonyl (C=O) groups excluding carboxylic acids is 1. The number of hydrogen-bond donors (Lipinski definition) is 1. The predicted molar refractivity (Wildman–Crippen MR) is 78.1 cm³/mol. The second kappa shape index (κ2) is 7.61. The molecule has 1 amide bonds. The average Bonchev–Trinajstić information content (AvgIpc) is 3.29. The van der Waals surface area contributed by atoms with Crippen molar-refractivity contribution in [1.82, 2.24) is 15.1 Å². The Morgan fingerprint density at radius 3 is 2.60 bits per heavy atom. The van der Waals surface area contributed by atoms with E-state index in [0.717, 1.165) is 25.6 Å². The lowest BCUT2D eigenvalue weighted by Crippen LogP contribution is -2.43. The molecule has 1 saturated carbocycles. The molecular weight excluding hydrogens is 252 g/mol. The first-order chi connectivity index (χ1) is 9.70. The number of amides is 1. The summed E-state index contributed by atoms with van der Waals surface area (Å²) in [5.74, 6) is 0.884. The average molecular weight is 278 g/mol. The molecule has 0 radical (unpaired) electrons. The largest absolute Gasteiger partial charge is 0.344 e. The molecule has 0 aromatic heterocycles. The molecule has 0 spiro atoms. The molecule has 2 aliphatic rings. The number of nitrogens with one attached hydrogen (secondary N) is 1. The van der Waals surface area contributed by atoms with Gasteiger partial charge in [0.1, 0.15) is 0 Å². The lowest BCUT2D eigenvalue weighted by molar-refractivity contribution is -0.131. The van der Waals surface area contributed by atoms with Crippen LogP contribution in [0.3, 0.4) is 0 Å². The first-order valence-electron chi connectivity index (χ1n) is 7.76. The van der Waals surface area contributed by atoms with Crippen LogP contribution in [-0.2, 0) is 4.79 Å². The van der Waals surface area contributed by atoms with E-state index < -0.39 is 0 Å². The highest BCUT2D eigenvalue weighted by atomic mass is 16.2. The Balaban J connectivity index is 1.79. The Hall–Kier alpha value is -1.12. The predicted octanol–water partition coefficient (Wildman–Crippen LogP) is 0.822. The number of likely N-dealkylation sites (N-methyl/N-ethyl adjacent to an activating group) is 1. The highest BCUT2D eigenvalue weighted by Gasteiger charge is 2.32. The van der Waals surface area contributed by atoms with E-state index in [4.69, 9.17) is 5.26 Å². The molecule has 1 heterocycles. The number of piperidine rings is 1. The summed E-state index contributed by atoms with van der Waals surface area (Å²) in [4.78, 5) is 16.3. The zero-order valence-electron chi connectivity index (χ0n) is 12.5. The Morgan fingerprint density at radius 2 is 2.00 bits per heavy atom. The van der Waals surface area contributed by atoms with Crippen LogP contribution in [0.15, 0.2) is 0 Å². The lowest BCUT2D eigenvalue weighted by atomic mass is 9.97. The van der Waals surface area contributed by atoms with Gasteiger partial charge in [-0.1, -0.05) is 0 Å². The van der Waals surface area contributed by atoms with Gasteiger partial charge in [-0.25, -0.2) is 0 Å². The van der Waals surface area contributed by atoms with Gasteiger partial charge in [-0.15, -0.1) is 0 Å². The van der Waals surface area contributed by atoms with Crippen molar-refractivity contribution >= 4 is 5.91 Å². The Kier molecular flexibility index (Phi) is 5.81. The van der Waals surface area contributed by atoms with Crippen molar-refractivity contribution in [3.05, 3.63) is 0 Å². The second-order valence-electron chi connectivity index (χ2n) is 6.08. The van der Waals surface area contributed by atoms with E-state index >= 15 is 0 Å². The van der Waals surface area contributed by atoms with Crippen molar-refractivity contribution in [3.8, 4) is 6.07 Å². The van der Waals surface area contributed by atoms with Crippen LogP contribution in [0, 0.1) is 17.2 Å². The number of rotatable bonds is 7. The van der Waals surface area contributed by atoms with Gasteiger partial charge in [-0.3, -0.25) is 9.69 Å². The summed E-state index contributed by atoms with van der Waals surface area (Å²) in [5, 5.41) is 12.0. The van der Waals surface area contributed by atoms with Crippen LogP contribution in [0.2, 0.25) is 0 Å². The van der Waals surface area contributed by atoms with Crippen molar-refractivity contribution in [2.45, 2.75) is 38.1 Å². The monoisotopic (exact) mass is 278 g/mol. The minimum absolute atomic E-state index is 0.154. The van der Waals surface area contributed by atoms with Crippen molar-refractivity contribution in [2.24, 2.45) is 5.92 Å². The molecule has 1 aliphatic heterocycles. The third kappa shape index (κ3) is 4.77. The van der Waals surface area contributed by atoms with E-state index in [1.54, 1.807) is 11.9 Å². The van der Waals surface area contributed by atoms with Crippen LogP contribution in [-0.4, -0.2) is 61.5 Å². The zero-order valence-corrected chi connectivity index (χ0v) is 12.5. The smallest absolute Gasteiger partial charge is 0.236 e. The number of nitrogens with zero attached hydrogens (tertiary/aromatic N) is 3. The number of nitriles is 1. The van der Waals surface area contributed by atoms with Crippen molar-refractivity contribution in [2.75, 3.05) is 39.8 Å². The third-order valence-corrected chi connectivity index (χ3v) is 4.34. The van der Waals surface area contributed by atoms with Crippen molar-refractivity contribution < 1.29 is 4.79 Å². The normalized spacial score (nSPS) is 19.9. The fourth-order valence-corrected chi connectivity index (χ4v) is 2.82. The van der Waals surface area contributed by atoms with E-state index in [0.29, 0.717) is 25.6 Å². The van der Waals surface area contributed by atoms with E-state index in [1.165, 1.54) is 25.7 Å². The summed E-state index contributed by atoms with van der Waals surface area (Å²) >= 11 is 0. The first kappa shape index (κ1) is 15.3. The topological polar surface area (TPSA) is 59.4 Å². The molecule has 1 saturated heterocycles. The molecule has 2 fully saturated rings. The molecule has 5 heteroatoms. The summed E-state index contributed by atoms with van der Waals surface area (Å²) in [6, 6.07) is 2.72. The standard InChI is InChI=1S/C15H26N4O/c1-18(10-2-7-16)15(20)12-19(14-3-4-14)11-13-5-8-17-9-6-13/h13-14,17H,2-6,8-12H2,1H3. The Labute approximate surface area is 121 Å². The molecule has 0 bridgehead atoms. The SMILES string of the molecule is CN(CCC#N)C(=O)CN(CC1CCNCC1)C1CC1. The first-order valence-corrected chi connectivity index (χ1v) is 7.76. The van der Waals surface area contributed by atoms with E-state index in [1.807, 2.05) is 0 Å². The molecule has 0 atom stereocenters. The summed E-state index contributed by atoms with van der Waals surface area (Å²) in [7, 11) is 1.80. The fraction of sp³-hybridized carbons (Fsp3) is 0.867. The van der Waals surface area contributed by atoms with Crippen LogP contribution in [0.5, 0.6) is 0 Å². The zero-order chi connectivity index (χ0) is 14.4. The summed E-state index contributed by atoms with van der Waals surface area (Å²) in [5.41, 5.74) is 0. The molecule has 1 aliphatic carbocycles. The van der Waals surface area contributed by atoms with Crippen LogP contribution in [0.1, 0.15) is 32.1 Å². The molecular formula is C15H26N4O. The maximum absolute atomic E-state index is 12.2.